The monoisotopic (exact) mass is 241 g/mol. The average molecular weight is 241 g/mol. The number of hydrogen-bond acceptors (Lipinski definition) is 2. The second-order valence-corrected chi connectivity index (χ2v) is 4.64. The Hall–Kier alpha value is -1.79. The van der Waals surface area contributed by atoms with E-state index in [1.54, 1.807) is 0 Å². The van der Waals surface area contributed by atoms with Crippen LogP contribution in [0.5, 0.6) is 0 Å². The van der Waals surface area contributed by atoms with Gasteiger partial charge >= 0.3 is 0 Å². The molecule has 1 unspecified atom stereocenters. The standard InChI is InChI=1S/C15H19N3/c1-3-12(8-16)9-17-10-14-11(2)18-15-7-5-4-6-13(14)15/h4-7,12,17-18H,3,9-10H2,1-2H3. The van der Waals surface area contributed by atoms with Gasteiger partial charge in [-0.25, -0.2) is 0 Å². The number of benzene rings is 1. The molecule has 1 atom stereocenters. The SMILES string of the molecule is CCC(C#N)CNCc1c(C)[nH]c2ccccc12. The minimum Gasteiger partial charge on any atom is -0.358 e. The molecule has 0 aliphatic carbocycles. The molecule has 0 aliphatic rings. The zero-order valence-corrected chi connectivity index (χ0v) is 11.0. The van der Waals surface area contributed by atoms with Crippen LogP contribution in [0.25, 0.3) is 10.9 Å². The molecule has 94 valence electrons. The number of nitrogens with one attached hydrogen (secondary N) is 2. The van der Waals surface area contributed by atoms with Gasteiger partial charge in [0.05, 0.1) is 12.0 Å². The van der Waals surface area contributed by atoms with Gasteiger partial charge in [-0.05, 0) is 25.0 Å². The molecule has 0 fully saturated rings. The van der Waals surface area contributed by atoms with Crippen LogP contribution in [0.4, 0.5) is 0 Å². The van der Waals surface area contributed by atoms with Gasteiger partial charge < -0.3 is 10.3 Å². The van der Waals surface area contributed by atoms with Gasteiger partial charge in [0.15, 0.2) is 0 Å². The summed E-state index contributed by atoms with van der Waals surface area (Å²) < 4.78 is 0. The van der Waals surface area contributed by atoms with Crippen LogP contribution in [0.2, 0.25) is 0 Å². The van der Waals surface area contributed by atoms with Crippen molar-refractivity contribution in [2.24, 2.45) is 5.92 Å². The van der Waals surface area contributed by atoms with Gasteiger partial charge in [-0.3, -0.25) is 0 Å². The Labute approximate surface area is 108 Å². The fourth-order valence-corrected chi connectivity index (χ4v) is 2.22. The van der Waals surface area contributed by atoms with Crippen molar-refractivity contribution in [1.29, 1.82) is 5.26 Å². The Morgan fingerprint density at radius 1 is 1.39 bits per heavy atom. The largest absolute Gasteiger partial charge is 0.358 e. The van der Waals surface area contributed by atoms with Gasteiger partial charge in [-0.15, -0.1) is 0 Å². The number of H-pyrrole nitrogens is 1. The minimum absolute atomic E-state index is 0.107. The van der Waals surface area contributed by atoms with E-state index >= 15 is 0 Å². The first-order valence-electron chi connectivity index (χ1n) is 6.42. The van der Waals surface area contributed by atoms with E-state index < -0.39 is 0 Å². The number of aryl methyl sites for hydroxylation is 1. The summed E-state index contributed by atoms with van der Waals surface area (Å²) in [6, 6.07) is 10.6. The molecule has 0 saturated heterocycles. The lowest BCUT2D eigenvalue weighted by Crippen LogP contribution is -2.21. The average Bonchev–Trinajstić information content (AvgIpc) is 2.71. The Kier molecular flexibility index (Phi) is 4.01. The summed E-state index contributed by atoms with van der Waals surface area (Å²) in [5, 5.41) is 13.6. The fourth-order valence-electron chi connectivity index (χ4n) is 2.22. The summed E-state index contributed by atoms with van der Waals surface area (Å²) in [5.74, 6) is 0.107. The Balaban J connectivity index is 2.08. The van der Waals surface area contributed by atoms with Crippen molar-refractivity contribution >= 4 is 10.9 Å². The van der Waals surface area contributed by atoms with E-state index in [-0.39, 0.29) is 5.92 Å². The van der Waals surface area contributed by atoms with Gasteiger partial charge in [0.2, 0.25) is 0 Å². The maximum Gasteiger partial charge on any atom is 0.0669 e. The summed E-state index contributed by atoms with van der Waals surface area (Å²) in [7, 11) is 0. The molecular formula is C15H19N3. The third kappa shape index (κ3) is 2.55. The van der Waals surface area contributed by atoms with Gasteiger partial charge in [0.25, 0.3) is 0 Å². The quantitative estimate of drug-likeness (QED) is 0.845. The van der Waals surface area contributed by atoms with E-state index in [1.165, 1.54) is 22.2 Å². The first kappa shape index (κ1) is 12.7. The van der Waals surface area contributed by atoms with Gasteiger partial charge in [-0.2, -0.15) is 5.26 Å². The normalized spacial score (nSPS) is 12.5. The molecule has 0 bridgehead atoms. The van der Waals surface area contributed by atoms with E-state index in [2.05, 4.69) is 41.5 Å². The number of nitriles is 1. The number of para-hydroxylation sites is 1. The second kappa shape index (κ2) is 5.70. The maximum absolute atomic E-state index is 8.91. The van der Waals surface area contributed by atoms with Crippen LogP contribution in [-0.2, 0) is 6.54 Å². The van der Waals surface area contributed by atoms with E-state index in [1.807, 2.05) is 13.0 Å². The van der Waals surface area contributed by atoms with Crippen molar-refractivity contribution < 1.29 is 0 Å². The number of nitrogens with zero attached hydrogens (tertiary/aromatic N) is 1. The summed E-state index contributed by atoms with van der Waals surface area (Å²) >= 11 is 0. The van der Waals surface area contributed by atoms with Gasteiger partial charge in [-0.1, -0.05) is 25.1 Å². The van der Waals surface area contributed by atoms with E-state index in [4.69, 9.17) is 5.26 Å². The molecule has 1 aromatic carbocycles. The van der Waals surface area contributed by atoms with Crippen LogP contribution in [0.1, 0.15) is 24.6 Å². The molecular weight excluding hydrogens is 222 g/mol. The van der Waals surface area contributed by atoms with Crippen LogP contribution in [-0.4, -0.2) is 11.5 Å². The first-order chi connectivity index (χ1) is 8.76. The van der Waals surface area contributed by atoms with Crippen molar-refractivity contribution in [1.82, 2.24) is 10.3 Å². The van der Waals surface area contributed by atoms with Crippen LogP contribution >= 0.6 is 0 Å². The minimum atomic E-state index is 0.107. The Morgan fingerprint density at radius 2 is 2.17 bits per heavy atom. The zero-order chi connectivity index (χ0) is 13.0. The zero-order valence-electron chi connectivity index (χ0n) is 11.0. The molecule has 0 amide bonds. The summed E-state index contributed by atoms with van der Waals surface area (Å²) in [5.41, 5.74) is 3.69. The molecule has 2 N–H and O–H groups in total. The van der Waals surface area contributed by atoms with Crippen molar-refractivity contribution in [3.63, 3.8) is 0 Å². The highest BCUT2D eigenvalue weighted by molar-refractivity contribution is 5.84. The summed E-state index contributed by atoms with van der Waals surface area (Å²) in [6.07, 6.45) is 0.899. The molecule has 2 rings (SSSR count). The van der Waals surface area contributed by atoms with Crippen LogP contribution in [0.15, 0.2) is 24.3 Å². The molecule has 3 nitrogen and oxygen atoms in total. The molecule has 0 saturated carbocycles. The lowest BCUT2D eigenvalue weighted by atomic mass is 10.1. The topological polar surface area (TPSA) is 51.6 Å². The number of rotatable bonds is 5. The molecule has 0 radical (unpaired) electrons. The highest BCUT2D eigenvalue weighted by atomic mass is 14.9. The Bertz CT molecular complexity index is 563. The van der Waals surface area contributed by atoms with Crippen molar-refractivity contribution in [2.75, 3.05) is 6.54 Å². The lowest BCUT2D eigenvalue weighted by molar-refractivity contribution is 0.553. The molecule has 1 aromatic heterocycles. The predicted molar refractivity (Wildman–Crippen MR) is 74.1 cm³/mol. The van der Waals surface area contributed by atoms with Crippen molar-refractivity contribution in [3.8, 4) is 6.07 Å². The third-order valence-electron chi connectivity index (χ3n) is 3.39. The number of hydrogen-bond donors (Lipinski definition) is 2. The number of aromatic amines is 1. The smallest absolute Gasteiger partial charge is 0.0669 e. The number of fused-ring (bicyclic) bond motifs is 1. The fraction of sp³-hybridized carbons (Fsp3) is 0.400. The summed E-state index contributed by atoms with van der Waals surface area (Å²) in [6.45, 7) is 5.71. The van der Waals surface area contributed by atoms with Crippen LogP contribution < -0.4 is 5.32 Å². The molecule has 18 heavy (non-hydrogen) atoms. The Morgan fingerprint density at radius 3 is 2.89 bits per heavy atom. The van der Waals surface area contributed by atoms with Crippen LogP contribution in [0, 0.1) is 24.2 Å². The van der Waals surface area contributed by atoms with Gasteiger partial charge in [0.1, 0.15) is 0 Å². The van der Waals surface area contributed by atoms with E-state index in [9.17, 15) is 0 Å². The van der Waals surface area contributed by atoms with Crippen LogP contribution in [0.3, 0.4) is 0 Å². The molecule has 1 heterocycles. The molecule has 0 aliphatic heterocycles. The van der Waals surface area contributed by atoms with E-state index in [0.717, 1.165) is 19.5 Å². The summed E-state index contributed by atoms with van der Waals surface area (Å²) in [4.78, 5) is 3.39. The highest BCUT2D eigenvalue weighted by Crippen LogP contribution is 2.21. The van der Waals surface area contributed by atoms with Crippen molar-refractivity contribution in [2.45, 2.75) is 26.8 Å². The predicted octanol–water partition coefficient (Wildman–Crippen LogP) is 3.12. The van der Waals surface area contributed by atoms with Gasteiger partial charge in [0, 0.05) is 29.7 Å². The highest BCUT2D eigenvalue weighted by Gasteiger charge is 2.08. The third-order valence-corrected chi connectivity index (χ3v) is 3.39. The lowest BCUT2D eigenvalue weighted by Gasteiger charge is -2.08. The second-order valence-electron chi connectivity index (χ2n) is 4.64. The molecule has 2 aromatic rings. The first-order valence-corrected chi connectivity index (χ1v) is 6.42. The molecule has 0 spiro atoms. The van der Waals surface area contributed by atoms with E-state index in [0.29, 0.717) is 0 Å². The van der Waals surface area contributed by atoms with Crippen molar-refractivity contribution in [3.05, 3.63) is 35.5 Å². The number of aromatic nitrogens is 1. The molecule has 3 heteroatoms. The maximum atomic E-state index is 8.91.